The van der Waals surface area contributed by atoms with Gasteiger partial charge in [-0.3, -0.25) is 19.4 Å². The smallest absolute Gasteiger partial charge is 0.407 e. The molecule has 4 aromatic rings. The molecule has 6 atom stereocenters. The van der Waals surface area contributed by atoms with Crippen molar-refractivity contribution in [2.75, 3.05) is 20.8 Å². The van der Waals surface area contributed by atoms with Crippen molar-refractivity contribution in [2.45, 2.75) is 109 Å². The number of ether oxygens (including phenoxy) is 2. The van der Waals surface area contributed by atoms with Crippen LogP contribution in [-0.4, -0.2) is 88.2 Å². The van der Waals surface area contributed by atoms with Gasteiger partial charge in [-0.2, -0.15) is 8.78 Å². The number of alkyl carbamates (subject to hydrolysis) is 1. The molecule has 3 aliphatic heterocycles. The van der Waals surface area contributed by atoms with Crippen LogP contribution in [0.1, 0.15) is 101 Å². The minimum Gasteiger partial charge on any atom is -0.469 e. The zero-order chi connectivity index (χ0) is 45.7. The van der Waals surface area contributed by atoms with Crippen LogP contribution in [0.25, 0.3) is 33.5 Å². The normalized spacial score (nSPS) is 23.6. The number of esters is 1. The summed E-state index contributed by atoms with van der Waals surface area (Å²) in [5.74, 6) is -3.65. The molecule has 10 rings (SSSR count). The zero-order valence-electron chi connectivity index (χ0n) is 37.8. The number of piperidine rings is 1. The largest absolute Gasteiger partial charge is 0.469 e. The van der Waals surface area contributed by atoms with Crippen LogP contribution in [0.3, 0.4) is 0 Å². The van der Waals surface area contributed by atoms with Crippen molar-refractivity contribution in [2.24, 2.45) is 34.1 Å². The molecule has 340 valence electrons. The van der Waals surface area contributed by atoms with E-state index < -0.39 is 24.0 Å². The number of imidazole rings is 1. The van der Waals surface area contributed by atoms with E-state index >= 15 is 8.78 Å². The Morgan fingerprint density at radius 1 is 0.877 bits per heavy atom. The summed E-state index contributed by atoms with van der Waals surface area (Å²) in [6.07, 6.45) is 7.23. The fourth-order valence-electron chi connectivity index (χ4n) is 11.5. The number of carbonyl (C=O) groups is 4. The topological polar surface area (TPSA) is 146 Å². The molecular weight excluding hydrogens is 831 g/mol. The molecule has 4 heterocycles. The van der Waals surface area contributed by atoms with Gasteiger partial charge < -0.3 is 29.6 Å². The van der Waals surface area contributed by atoms with E-state index in [1.54, 1.807) is 24.4 Å². The van der Waals surface area contributed by atoms with E-state index in [0.717, 1.165) is 61.1 Å². The number of halogens is 2. The first-order chi connectivity index (χ1) is 31.1. The molecule has 1 aromatic heterocycles. The highest BCUT2D eigenvalue weighted by Gasteiger charge is 2.56. The maximum absolute atomic E-state index is 16.7. The predicted molar refractivity (Wildman–Crippen MR) is 240 cm³/mol. The second kappa shape index (κ2) is 15.9. The van der Waals surface area contributed by atoms with Gasteiger partial charge in [0.15, 0.2) is 0 Å². The summed E-state index contributed by atoms with van der Waals surface area (Å²) in [6, 6.07) is 15.2. The molecule has 3 aromatic carbocycles. The Kier molecular flexibility index (Phi) is 10.5. The standard InChI is InChI=1S/C51H56F2N6O6/c1-26(2)36(22-43(60)64-5)47(61)59-33-11-7-31(18-33)45(59)40-21-32-17-28(10-14-39(32)55-40)29-8-12-34-35-13-9-30(20-38(35)51(52,53)37(34)19-29)41-24-54-46(56-41)42-23-50(15-16-50)25-58(42)48(62)44(27(3)4)57-49(63)65-6/h8-10,12-14,17,19-20,24,26-27,31,33,36,42,44-45H,7,11,15-16,18,21-23,25H2,1-6H3,(H,54,56)(H,57,63)/t31-,33+,36?,42?,44-,45?/m0/s1. The predicted octanol–water partition coefficient (Wildman–Crippen LogP) is 9.14. The quantitative estimate of drug-likeness (QED) is 0.143. The lowest BCUT2D eigenvalue weighted by molar-refractivity contribution is -0.149. The van der Waals surface area contributed by atoms with Gasteiger partial charge in [-0.1, -0.05) is 58.0 Å². The van der Waals surface area contributed by atoms with Gasteiger partial charge in [0.1, 0.15) is 11.9 Å². The molecule has 1 spiro atoms. The third-order valence-electron chi connectivity index (χ3n) is 15.3. The fraction of sp³-hybridized carbons (Fsp3) is 0.490. The number of nitrogens with one attached hydrogen (secondary N) is 2. The first kappa shape index (κ1) is 43.0. The monoisotopic (exact) mass is 886 g/mol. The Bertz CT molecular complexity index is 2650. The summed E-state index contributed by atoms with van der Waals surface area (Å²) in [5, 5.41) is 2.71. The molecular formula is C51H56F2N6O6. The fourth-order valence-corrected chi connectivity index (χ4v) is 11.5. The highest BCUT2D eigenvalue weighted by Crippen LogP contribution is 2.59. The summed E-state index contributed by atoms with van der Waals surface area (Å²) in [5.41, 5.74) is 6.25. The molecule has 2 bridgehead atoms. The van der Waals surface area contributed by atoms with Crippen molar-refractivity contribution in [3.05, 3.63) is 83.3 Å². The van der Waals surface area contributed by atoms with E-state index in [4.69, 9.17) is 19.5 Å². The summed E-state index contributed by atoms with van der Waals surface area (Å²) in [6.45, 7) is 8.25. The number of H-pyrrole nitrogens is 1. The van der Waals surface area contributed by atoms with Crippen LogP contribution in [0.4, 0.5) is 19.3 Å². The number of aromatic nitrogens is 2. The van der Waals surface area contributed by atoms with Crippen molar-refractivity contribution in [1.82, 2.24) is 25.1 Å². The number of aliphatic imine (C=N–C) groups is 1. The molecule has 65 heavy (non-hydrogen) atoms. The maximum atomic E-state index is 16.7. The van der Waals surface area contributed by atoms with Crippen LogP contribution < -0.4 is 5.32 Å². The van der Waals surface area contributed by atoms with Crippen LogP contribution in [0.5, 0.6) is 0 Å². The molecule has 2 saturated carbocycles. The second-order valence-electron chi connectivity index (χ2n) is 20.0. The second-order valence-corrected chi connectivity index (χ2v) is 20.0. The van der Waals surface area contributed by atoms with E-state index in [-0.39, 0.29) is 70.7 Å². The number of alkyl halides is 2. The Hall–Kier alpha value is -5.92. The zero-order valence-corrected chi connectivity index (χ0v) is 37.8. The van der Waals surface area contributed by atoms with Gasteiger partial charge in [-0.05, 0) is 114 Å². The molecule has 2 N–H and O–H groups in total. The van der Waals surface area contributed by atoms with Crippen molar-refractivity contribution in [1.29, 1.82) is 0 Å². The van der Waals surface area contributed by atoms with Gasteiger partial charge in [-0.25, -0.2) is 9.78 Å². The number of fused-ring (bicyclic) bond motifs is 6. The summed E-state index contributed by atoms with van der Waals surface area (Å²) < 4.78 is 43.1. The van der Waals surface area contributed by atoms with Crippen molar-refractivity contribution < 1.29 is 37.4 Å². The minimum atomic E-state index is -3.27. The van der Waals surface area contributed by atoms with Crippen molar-refractivity contribution in [3.63, 3.8) is 0 Å². The SMILES string of the molecule is COC(=O)CC(C(=O)N1C(C2=Nc3ccc(-c4ccc5c(c4)C(F)(F)c4cc(-c6cnc(C7CC8(CC8)CN7C(=O)[C@@H](NC(=O)OC)C(C)C)[nH]6)ccc4-5)cc3C2)[C@H]2CC[C@@H]1C2)C(C)C. The Labute approximate surface area is 377 Å². The summed E-state index contributed by atoms with van der Waals surface area (Å²) in [7, 11) is 2.62. The first-order valence-corrected chi connectivity index (χ1v) is 23.1. The van der Waals surface area contributed by atoms with E-state index in [0.29, 0.717) is 52.7 Å². The van der Waals surface area contributed by atoms with Gasteiger partial charge >= 0.3 is 12.1 Å². The van der Waals surface area contributed by atoms with E-state index in [9.17, 15) is 19.2 Å². The number of likely N-dealkylation sites (tertiary alicyclic amines) is 2. The maximum Gasteiger partial charge on any atom is 0.407 e. The average Bonchev–Trinajstić information content (AvgIpc) is 3.95. The van der Waals surface area contributed by atoms with Gasteiger partial charge in [0.25, 0.3) is 5.92 Å². The highest BCUT2D eigenvalue weighted by molar-refractivity contribution is 6.01. The molecule has 4 fully saturated rings. The van der Waals surface area contributed by atoms with E-state index in [1.807, 2.05) is 67.8 Å². The number of rotatable bonds is 11. The molecule has 2 saturated heterocycles. The lowest BCUT2D eigenvalue weighted by Gasteiger charge is -2.38. The number of carbonyl (C=O) groups excluding carboxylic acids is 4. The third kappa shape index (κ3) is 7.31. The lowest BCUT2D eigenvalue weighted by Crippen LogP contribution is -2.52. The number of aromatic amines is 1. The number of benzene rings is 3. The van der Waals surface area contributed by atoms with Gasteiger partial charge in [0.05, 0.1) is 56.2 Å². The Morgan fingerprint density at radius 3 is 2.25 bits per heavy atom. The van der Waals surface area contributed by atoms with Crippen LogP contribution >= 0.6 is 0 Å². The van der Waals surface area contributed by atoms with Crippen LogP contribution in [0.15, 0.2) is 65.8 Å². The van der Waals surface area contributed by atoms with Gasteiger partial charge in [-0.15, -0.1) is 0 Å². The molecule has 0 radical (unpaired) electrons. The summed E-state index contributed by atoms with van der Waals surface area (Å²) >= 11 is 0. The molecule has 6 aliphatic rings. The van der Waals surface area contributed by atoms with E-state index in [1.165, 1.54) is 20.3 Å². The number of hydrogen-bond acceptors (Lipinski definition) is 8. The number of amides is 3. The molecule has 3 aliphatic carbocycles. The number of nitrogens with zero attached hydrogens (tertiary/aromatic N) is 4. The number of methoxy groups -OCH3 is 2. The molecule has 3 amide bonds. The van der Waals surface area contributed by atoms with Crippen LogP contribution in [0, 0.1) is 29.1 Å². The van der Waals surface area contributed by atoms with Crippen LogP contribution in [0.2, 0.25) is 0 Å². The van der Waals surface area contributed by atoms with E-state index in [2.05, 4.69) is 10.3 Å². The Balaban J connectivity index is 0.870. The number of hydrogen-bond donors (Lipinski definition) is 2. The lowest BCUT2D eigenvalue weighted by atomic mass is 9.87. The highest BCUT2D eigenvalue weighted by atomic mass is 19.3. The van der Waals surface area contributed by atoms with Crippen molar-refractivity contribution >= 4 is 35.3 Å². The molecule has 12 nitrogen and oxygen atoms in total. The first-order valence-electron chi connectivity index (χ1n) is 23.1. The third-order valence-corrected chi connectivity index (χ3v) is 15.3. The van der Waals surface area contributed by atoms with Crippen LogP contribution in [-0.2, 0) is 36.2 Å². The molecule has 3 unspecified atom stereocenters. The average molecular weight is 887 g/mol. The van der Waals surface area contributed by atoms with Gasteiger partial charge in [0.2, 0.25) is 11.8 Å². The van der Waals surface area contributed by atoms with Crippen molar-refractivity contribution in [3.8, 4) is 33.5 Å². The minimum absolute atomic E-state index is 0.00817. The molecule has 14 heteroatoms. The Morgan fingerprint density at radius 2 is 1.57 bits per heavy atom. The van der Waals surface area contributed by atoms with Gasteiger partial charge in [0, 0.05) is 41.4 Å². The summed E-state index contributed by atoms with van der Waals surface area (Å²) in [4.78, 5) is 69.6.